The average Bonchev–Trinajstić information content (AvgIpc) is 3.59. The SMILES string of the molecule is CC(C)(CC[C@@H]1N=C(C2CC2)COC1=O)[Si](O)(c1ccccc1)c1ccccc1. The van der Waals surface area contributed by atoms with Crippen LogP contribution in [-0.4, -0.2) is 37.4 Å². The maximum absolute atomic E-state index is 12.3. The molecule has 0 aromatic heterocycles. The third-order valence-corrected chi connectivity index (χ3v) is 11.0. The van der Waals surface area contributed by atoms with E-state index in [1.54, 1.807) is 0 Å². The van der Waals surface area contributed by atoms with Crippen LogP contribution in [0.25, 0.3) is 0 Å². The minimum absolute atomic E-state index is 0.227. The first-order valence-electron chi connectivity index (χ1n) is 10.5. The first-order valence-corrected chi connectivity index (χ1v) is 12.4. The molecule has 1 N–H and O–H groups in total. The lowest BCUT2D eigenvalue weighted by Crippen LogP contribution is -2.65. The molecular weight excluding hydrogens is 378 g/mol. The molecule has 1 aliphatic carbocycles. The topological polar surface area (TPSA) is 58.9 Å². The number of hydrogen-bond donors (Lipinski definition) is 1. The fourth-order valence-corrected chi connectivity index (χ4v) is 8.09. The molecule has 1 atom stereocenters. The Labute approximate surface area is 173 Å². The number of ether oxygens (including phenoxy) is 1. The molecule has 0 amide bonds. The molecule has 2 aromatic rings. The molecule has 4 nitrogen and oxygen atoms in total. The van der Waals surface area contributed by atoms with Crippen molar-refractivity contribution in [3.05, 3.63) is 60.7 Å². The highest BCUT2D eigenvalue weighted by molar-refractivity contribution is 6.98. The van der Waals surface area contributed by atoms with Crippen molar-refractivity contribution in [2.75, 3.05) is 6.61 Å². The predicted molar refractivity (Wildman–Crippen MR) is 118 cm³/mol. The van der Waals surface area contributed by atoms with Crippen LogP contribution in [-0.2, 0) is 9.53 Å². The zero-order valence-corrected chi connectivity index (χ0v) is 18.2. The third-order valence-electron chi connectivity index (χ3n) is 6.41. The second kappa shape index (κ2) is 7.88. The second-order valence-electron chi connectivity index (χ2n) is 8.88. The summed E-state index contributed by atoms with van der Waals surface area (Å²) in [6.45, 7) is 4.61. The quantitative estimate of drug-likeness (QED) is 0.567. The van der Waals surface area contributed by atoms with Crippen LogP contribution in [0.5, 0.6) is 0 Å². The van der Waals surface area contributed by atoms with E-state index in [0.29, 0.717) is 25.4 Å². The van der Waals surface area contributed by atoms with Gasteiger partial charge in [-0.2, -0.15) is 0 Å². The van der Waals surface area contributed by atoms with Gasteiger partial charge in [0.2, 0.25) is 0 Å². The molecule has 152 valence electrons. The van der Waals surface area contributed by atoms with E-state index in [-0.39, 0.29) is 11.0 Å². The van der Waals surface area contributed by atoms with Crippen LogP contribution >= 0.6 is 0 Å². The average molecular weight is 408 g/mol. The Kier molecular flexibility index (Phi) is 5.45. The third kappa shape index (κ3) is 3.94. The molecule has 0 saturated heterocycles. The summed E-state index contributed by atoms with van der Waals surface area (Å²) < 4.78 is 5.40. The summed E-state index contributed by atoms with van der Waals surface area (Å²) in [5.41, 5.74) is 1.05. The molecular formula is C24H29NO3Si. The van der Waals surface area contributed by atoms with Crippen LogP contribution in [0, 0.1) is 5.92 Å². The van der Waals surface area contributed by atoms with Crippen LogP contribution in [0.4, 0.5) is 0 Å². The van der Waals surface area contributed by atoms with Crippen molar-refractivity contribution in [3.63, 3.8) is 0 Å². The van der Waals surface area contributed by atoms with E-state index < -0.39 is 14.4 Å². The van der Waals surface area contributed by atoms with Gasteiger partial charge in [-0.3, -0.25) is 4.99 Å². The summed E-state index contributed by atoms with van der Waals surface area (Å²) in [4.78, 5) is 29.3. The Morgan fingerprint density at radius 2 is 1.59 bits per heavy atom. The van der Waals surface area contributed by atoms with Gasteiger partial charge in [-0.15, -0.1) is 0 Å². The number of carbonyl (C=O) groups excluding carboxylic acids is 1. The molecule has 1 fully saturated rings. The van der Waals surface area contributed by atoms with Crippen LogP contribution in [0.3, 0.4) is 0 Å². The van der Waals surface area contributed by atoms with E-state index in [1.165, 1.54) is 0 Å². The van der Waals surface area contributed by atoms with Gasteiger partial charge in [0, 0.05) is 5.92 Å². The molecule has 1 heterocycles. The number of cyclic esters (lactones) is 1. The normalized spacial score (nSPS) is 20.2. The Hall–Kier alpha value is -2.24. The summed E-state index contributed by atoms with van der Waals surface area (Å²) in [5, 5.41) is 1.59. The Bertz CT molecular complexity index is 851. The summed E-state index contributed by atoms with van der Waals surface area (Å²) in [6, 6.07) is 19.5. The van der Waals surface area contributed by atoms with Gasteiger partial charge in [-0.25, -0.2) is 4.79 Å². The maximum Gasteiger partial charge on any atom is 0.331 e. The van der Waals surface area contributed by atoms with Crippen molar-refractivity contribution in [3.8, 4) is 0 Å². The minimum Gasteiger partial charge on any atom is -0.458 e. The van der Waals surface area contributed by atoms with Crippen molar-refractivity contribution >= 4 is 30.4 Å². The summed E-state index contributed by atoms with van der Waals surface area (Å²) in [5.74, 6) is 0.286. The highest BCUT2D eigenvalue weighted by Crippen LogP contribution is 2.41. The lowest BCUT2D eigenvalue weighted by Gasteiger charge is -2.41. The molecule has 2 aliphatic rings. The standard InChI is InChI=1S/C24H29NO3Si/c1-24(2,16-15-21-23(26)28-17-22(25-21)18-13-14-18)29(27,19-9-5-3-6-10-19)20-11-7-4-8-12-20/h3-12,18,21,27H,13-17H2,1-2H3/t21-/m0/s1. The second-order valence-corrected chi connectivity index (χ2v) is 12.8. The zero-order chi connectivity index (χ0) is 20.5. The smallest absolute Gasteiger partial charge is 0.331 e. The lowest BCUT2D eigenvalue weighted by atomic mass is 10.0. The molecule has 0 spiro atoms. The molecule has 0 bridgehead atoms. The summed E-state index contributed by atoms with van der Waals surface area (Å²) >= 11 is 0. The van der Waals surface area contributed by atoms with Crippen molar-refractivity contribution in [1.82, 2.24) is 0 Å². The molecule has 0 unspecified atom stereocenters. The maximum atomic E-state index is 12.3. The van der Waals surface area contributed by atoms with Gasteiger partial charge in [0.1, 0.15) is 12.6 Å². The van der Waals surface area contributed by atoms with Crippen molar-refractivity contribution < 1.29 is 14.3 Å². The zero-order valence-electron chi connectivity index (χ0n) is 17.2. The first-order chi connectivity index (χ1) is 13.9. The van der Waals surface area contributed by atoms with Crippen molar-refractivity contribution in [2.24, 2.45) is 10.9 Å². The predicted octanol–water partition coefficient (Wildman–Crippen LogP) is 3.08. The number of hydrogen-bond acceptors (Lipinski definition) is 4. The molecule has 1 saturated carbocycles. The van der Waals surface area contributed by atoms with E-state index in [9.17, 15) is 9.59 Å². The van der Waals surface area contributed by atoms with E-state index in [1.807, 2.05) is 60.7 Å². The van der Waals surface area contributed by atoms with Crippen molar-refractivity contribution in [1.29, 1.82) is 0 Å². The molecule has 0 radical (unpaired) electrons. The van der Waals surface area contributed by atoms with Crippen molar-refractivity contribution in [2.45, 2.75) is 50.6 Å². The first kappa shape index (κ1) is 20.0. The van der Waals surface area contributed by atoms with Gasteiger partial charge >= 0.3 is 5.97 Å². The highest BCUT2D eigenvalue weighted by Gasteiger charge is 2.50. The van der Waals surface area contributed by atoms with Crippen LogP contribution in [0.1, 0.15) is 39.5 Å². The monoisotopic (exact) mass is 407 g/mol. The van der Waals surface area contributed by atoms with Crippen LogP contribution in [0.2, 0.25) is 5.04 Å². The van der Waals surface area contributed by atoms with E-state index in [2.05, 4.69) is 13.8 Å². The number of nitrogens with zero attached hydrogens (tertiary/aromatic N) is 1. The van der Waals surface area contributed by atoms with E-state index in [0.717, 1.165) is 28.9 Å². The van der Waals surface area contributed by atoms with E-state index in [4.69, 9.17) is 9.73 Å². The van der Waals surface area contributed by atoms with Gasteiger partial charge in [-0.1, -0.05) is 74.5 Å². The molecule has 5 heteroatoms. The fourth-order valence-electron chi connectivity index (χ4n) is 4.34. The fraction of sp³-hybridized carbons (Fsp3) is 0.417. The number of esters is 1. The Morgan fingerprint density at radius 1 is 1.03 bits per heavy atom. The Morgan fingerprint density at radius 3 is 2.10 bits per heavy atom. The van der Waals surface area contributed by atoms with Gasteiger partial charge in [0.15, 0.2) is 0 Å². The summed E-state index contributed by atoms with van der Waals surface area (Å²) in [6.07, 6.45) is 3.60. The van der Waals surface area contributed by atoms with E-state index >= 15 is 0 Å². The van der Waals surface area contributed by atoms with Gasteiger partial charge < -0.3 is 9.53 Å². The van der Waals surface area contributed by atoms with Gasteiger partial charge in [-0.05, 0) is 41.1 Å². The number of rotatable bonds is 7. The molecule has 2 aromatic carbocycles. The van der Waals surface area contributed by atoms with Gasteiger partial charge in [0.05, 0.1) is 5.71 Å². The number of benzene rings is 2. The molecule has 1 aliphatic heterocycles. The summed E-state index contributed by atoms with van der Waals surface area (Å²) in [7, 11) is -3.06. The minimum atomic E-state index is -3.06. The highest BCUT2D eigenvalue weighted by atomic mass is 28.4. The Balaban J connectivity index is 1.62. The number of carbonyl (C=O) groups is 1. The van der Waals surface area contributed by atoms with Crippen LogP contribution < -0.4 is 10.4 Å². The largest absolute Gasteiger partial charge is 0.458 e. The molecule has 4 rings (SSSR count). The lowest BCUT2D eigenvalue weighted by molar-refractivity contribution is -0.144. The van der Waals surface area contributed by atoms with Gasteiger partial charge in [0.25, 0.3) is 8.32 Å². The molecule has 29 heavy (non-hydrogen) atoms. The number of aliphatic imine (C=N–C) groups is 1. The van der Waals surface area contributed by atoms with Crippen LogP contribution in [0.15, 0.2) is 65.7 Å².